The molecule has 0 radical (unpaired) electrons. The summed E-state index contributed by atoms with van der Waals surface area (Å²) >= 11 is 5.04. The van der Waals surface area contributed by atoms with E-state index in [0.717, 1.165) is 39.9 Å². The summed E-state index contributed by atoms with van der Waals surface area (Å²) in [4.78, 5) is 26.8. The van der Waals surface area contributed by atoms with Gasteiger partial charge in [-0.1, -0.05) is 28.9 Å². The normalized spacial score (nSPS) is 19.1. The molecule has 2 aliphatic rings. The van der Waals surface area contributed by atoms with E-state index in [1.54, 1.807) is 47.7 Å². The van der Waals surface area contributed by atoms with Crippen LogP contribution in [0.2, 0.25) is 0 Å². The Morgan fingerprint density at radius 2 is 1.91 bits per heavy atom. The number of hydrogen-bond acceptors (Lipinski definition) is 6. The summed E-state index contributed by atoms with van der Waals surface area (Å²) in [5, 5.41) is 7.47. The van der Waals surface area contributed by atoms with Gasteiger partial charge in [-0.3, -0.25) is 4.79 Å². The lowest BCUT2D eigenvalue weighted by Gasteiger charge is -2.27. The van der Waals surface area contributed by atoms with Gasteiger partial charge in [-0.25, -0.2) is 4.79 Å². The summed E-state index contributed by atoms with van der Waals surface area (Å²) in [6.07, 6.45) is 2.70. The molecule has 6 nitrogen and oxygen atoms in total. The highest BCUT2D eigenvalue weighted by Crippen LogP contribution is 2.43. The molecular weight excluding hydrogens is 504 g/mol. The molecule has 0 unspecified atom stereocenters. The van der Waals surface area contributed by atoms with Gasteiger partial charge in [-0.05, 0) is 72.7 Å². The Kier molecular flexibility index (Phi) is 5.88. The monoisotopic (exact) mass is 526 g/mol. The van der Waals surface area contributed by atoms with E-state index in [1.807, 2.05) is 6.07 Å². The summed E-state index contributed by atoms with van der Waals surface area (Å²) in [6.45, 7) is 2.26. The Labute approximate surface area is 204 Å². The summed E-state index contributed by atoms with van der Waals surface area (Å²) in [5.74, 6) is 0.858. The third-order valence-electron chi connectivity index (χ3n) is 6.09. The van der Waals surface area contributed by atoms with Crippen molar-refractivity contribution in [3.05, 3.63) is 74.1 Å². The Hall–Kier alpha value is -2.84. The largest absolute Gasteiger partial charge is 0.493 e. The number of amides is 1. The van der Waals surface area contributed by atoms with Crippen molar-refractivity contribution in [1.29, 1.82) is 0 Å². The van der Waals surface area contributed by atoms with E-state index in [9.17, 15) is 9.59 Å². The lowest BCUT2D eigenvalue weighted by Crippen LogP contribution is -2.38. The number of methoxy groups -OCH3 is 1. The van der Waals surface area contributed by atoms with Crippen LogP contribution in [-0.4, -0.2) is 19.0 Å². The number of benzene rings is 2. The van der Waals surface area contributed by atoms with Crippen molar-refractivity contribution in [2.24, 2.45) is 5.92 Å². The van der Waals surface area contributed by atoms with Crippen LogP contribution < -0.4 is 20.1 Å². The molecule has 3 aromatic rings. The average Bonchev–Trinajstić information content (AvgIpc) is 3.17. The summed E-state index contributed by atoms with van der Waals surface area (Å²) in [7, 11) is 1.52. The van der Waals surface area contributed by atoms with Crippen molar-refractivity contribution < 1.29 is 19.1 Å². The van der Waals surface area contributed by atoms with Crippen molar-refractivity contribution in [3.8, 4) is 11.5 Å². The van der Waals surface area contributed by atoms with Gasteiger partial charge < -0.3 is 20.1 Å². The zero-order chi connectivity index (χ0) is 23.1. The van der Waals surface area contributed by atoms with Gasteiger partial charge in [0.25, 0.3) is 5.91 Å². The fourth-order valence-corrected chi connectivity index (χ4v) is 6.02. The van der Waals surface area contributed by atoms with Crippen LogP contribution in [-0.2, 0) is 12.8 Å². The first-order chi connectivity index (χ1) is 15.9. The summed E-state index contributed by atoms with van der Waals surface area (Å²) < 4.78 is 11.9. The van der Waals surface area contributed by atoms with Crippen LogP contribution in [0, 0.1) is 5.92 Å². The number of hydrogen-bond donors (Lipinski definition) is 2. The maximum atomic E-state index is 13.0. The van der Waals surface area contributed by atoms with Gasteiger partial charge in [0.2, 0.25) is 0 Å². The molecule has 1 aliphatic heterocycles. The molecule has 2 aromatic carbocycles. The number of carbonyl (C=O) groups excluding carboxylic acids is 2. The molecule has 0 spiro atoms. The summed E-state index contributed by atoms with van der Waals surface area (Å²) in [6, 6.07) is 12.2. The second-order valence-electron chi connectivity index (χ2n) is 8.41. The van der Waals surface area contributed by atoms with Crippen LogP contribution in [0.25, 0.3) is 0 Å². The lowest BCUT2D eigenvalue weighted by molar-refractivity contribution is 0.0729. The third-order valence-corrected chi connectivity index (χ3v) is 7.81. The molecule has 170 valence electrons. The molecule has 0 saturated heterocycles. The molecule has 2 heterocycles. The maximum Gasteiger partial charge on any atom is 0.343 e. The Balaban J connectivity index is 1.38. The number of rotatable bonds is 4. The van der Waals surface area contributed by atoms with E-state index in [0.29, 0.717) is 23.0 Å². The van der Waals surface area contributed by atoms with E-state index in [2.05, 4.69) is 33.5 Å². The van der Waals surface area contributed by atoms with Gasteiger partial charge in [-0.2, -0.15) is 0 Å². The number of nitrogens with one attached hydrogen (secondary N) is 2. The van der Waals surface area contributed by atoms with E-state index in [4.69, 9.17) is 9.47 Å². The molecule has 8 heteroatoms. The van der Waals surface area contributed by atoms with Crippen molar-refractivity contribution in [3.63, 3.8) is 0 Å². The second-order valence-corrected chi connectivity index (χ2v) is 10.4. The van der Waals surface area contributed by atoms with Gasteiger partial charge in [0, 0.05) is 9.35 Å². The van der Waals surface area contributed by atoms with E-state index in [-0.39, 0.29) is 5.91 Å². The van der Waals surface area contributed by atoms with Crippen LogP contribution in [0.4, 0.5) is 5.00 Å². The fraction of sp³-hybridized carbons (Fsp3) is 0.280. The first kappa shape index (κ1) is 22.0. The van der Waals surface area contributed by atoms with Crippen LogP contribution in [0.1, 0.15) is 56.2 Å². The van der Waals surface area contributed by atoms with Crippen molar-refractivity contribution in [1.82, 2.24) is 5.32 Å². The molecule has 0 bridgehead atoms. The first-order valence-electron chi connectivity index (χ1n) is 10.8. The Morgan fingerprint density at radius 1 is 1.12 bits per heavy atom. The molecule has 2 N–H and O–H groups in total. The maximum absolute atomic E-state index is 13.0. The smallest absolute Gasteiger partial charge is 0.343 e. The highest BCUT2D eigenvalue weighted by molar-refractivity contribution is 9.10. The Bertz CT molecular complexity index is 1240. The van der Waals surface area contributed by atoms with Crippen molar-refractivity contribution in [2.75, 3.05) is 12.4 Å². The van der Waals surface area contributed by atoms with Gasteiger partial charge in [-0.15, -0.1) is 11.3 Å². The second kappa shape index (κ2) is 8.83. The molecule has 1 aliphatic carbocycles. The predicted molar refractivity (Wildman–Crippen MR) is 131 cm³/mol. The third kappa shape index (κ3) is 4.25. The topological polar surface area (TPSA) is 76.7 Å². The number of halogens is 1. The molecule has 0 saturated carbocycles. The van der Waals surface area contributed by atoms with Crippen LogP contribution in [0.5, 0.6) is 11.5 Å². The number of fused-ring (bicyclic) bond motifs is 3. The first-order valence-corrected chi connectivity index (χ1v) is 12.4. The quantitative estimate of drug-likeness (QED) is 0.336. The molecule has 5 rings (SSSR count). The minimum Gasteiger partial charge on any atom is -0.493 e. The standard InChI is InChI=1S/C25H23BrN2O4S/c1-13-3-9-17-20(11-13)33-24-21(17)23(29)27-22(28-24)15-6-10-18(19(12-15)31-2)32-25(30)14-4-7-16(26)8-5-14/h4-8,10,12-13,22,28H,3,9,11H2,1-2H3,(H,27,29)/t13-,22-/m1/s1. The SMILES string of the molecule is COc1cc([C@@H]2NC(=O)c3c(sc4c3CC[C@@H](C)C4)N2)ccc1OC(=O)c1ccc(Br)cc1. The minimum absolute atomic E-state index is 0.0505. The van der Waals surface area contributed by atoms with E-state index < -0.39 is 12.1 Å². The lowest BCUT2D eigenvalue weighted by atomic mass is 9.88. The van der Waals surface area contributed by atoms with Gasteiger partial charge >= 0.3 is 5.97 Å². The molecule has 2 atom stereocenters. The summed E-state index contributed by atoms with van der Waals surface area (Å²) in [5.41, 5.74) is 3.25. The van der Waals surface area contributed by atoms with Gasteiger partial charge in [0.15, 0.2) is 11.5 Å². The highest BCUT2D eigenvalue weighted by Gasteiger charge is 2.33. The highest BCUT2D eigenvalue weighted by atomic mass is 79.9. The Morgan fingerprint density at radius 3 is 2.67 bits per heavy atom. The fourth-order valence-electron chi connectivity index (χ4n) is 4.32. The van der Waals surface area contributed by atoms with Crippen LogP contribution >= 0.6 is 27.3 Å². The van der Waals surface area contributed by atoms with Crippen LogP contribution in [0.3, 0.4) is 0 Å². The zero-order valence-corrected chi connectivity index (χ0v) is 20.6. The number of ether oxygens (including phenoxy) is 2. The van der Waals surface area contributed by atoms with Crippen LogP contribution in [0.15, 0.2) is 46.9 Å². The zero-order valence-electron chi connectivity index (χ0n) is 18.2. The molecule has 33 heavy (non-hydrogen) atoms. The van der Waals surface area contributed by atoms with Crippen molar-refractivity contribution in [2.45, 2.75) is 32.4 Å². The number of anilines is 1. The number of thiophene rings is 1. The van der Waals surface area contributed by atoms with Gasteiger partial charge in [0.05, 0.1) is 18.2 Å². The van der Waals surface area contributed by atoms with Crippen molar-refractivity contribution >= 4 is 44.1 Å². The molecule has 1 amide bonds. The van der Waals surface area contributed by atoms with E-state index >= 15 is 0 Å². The molecule has 1 aromatic heterocycles. The average molecular weight is 527 g/mol. The predicted octanol–water partition coefficient (Wildman–Crippen LogP) is 5.72. The minimum atomic E-state index is -0.472. The van der Waals surface area contributed by atoms with E-state index in [1.165, 1.54) is 17.6 Å². The number of carbonyl (C=O) groups is 2. The molecule has 0 fully saturated rings. The van der Waals surface area contributed by atoms with Gasteiger partial charge in [0.1, 0.15) is 11.2 Å². The number of esters is 1. The molecular formula is C25H23BrN2O4S.